The molecule has 0 unspecified atom stereocenters. The van der Waals surface area contributed by atoms with E-state index in [4.69, 9.17) is 11.6 Å². The quantitative estimate of drug-likeness (QED) is 0.621. The van der Waals surface area contributed by atoms with E-state index >= 15 is 0 Å². The monoisotopic (exact) mass is 383 g/mol. The summed E-state index contributed by atoms with van der Waals surface area (Å²) in [5.41, 5.74) is 2.37. The van der Waals surface area contributed by atoms with Gasteiger partial charge < -0.3 is 10.6 Å². The summed E-state index contributed by atoms with van der Waals surface area (Å²) in [4.78, 5) is 16.3. The van der Waals surface area contributed by atoms with E-state index in [0.29, 0.717) is 11.3 Å². The lowest BCUT2D eigenvalue weighted by Gasteiger charge is -2.08. The SMILES string of the molecule is O=C(Cc1cccc(F)c1)Nc1ccc(NCCc2cccc(Cl)c2)nc1. The van der Waals surface area contributed by atoms with Gasteiger partial charge in [-0.3, -0.25) is 4.79 Å². The number of benzene rings is 2. The number of carbonyl (C=O) groups excluding carboxylic acids is 1. The highest BCUT2D eigenvalue weighted by molar-refractivity contribution is 6.30. The Labute approximate surface area is 162 Å². The fraction of sp³-hybridized carbons (Fsp3) is 0.143. The standard InChI is InChI=1S/C21H19ClFN3O/c22-17-5-1-3-15(11-17)9-10-24-20-8-7-19(14-25-20)26-21(27)13-16-4-2-6-18(23)12-16/h1-8,11-12,14H,9-10,13H2,(H,24,25)(H,26,27). The number of nitrogens with zero attached hydrogens (tertiary/aromatic N) is 1. The van der Waals surface area contributed by atoms with E-state index in [9.17, 15) is 9.18 Å². The van der Waals surface area contributed by atoms with Gasteiger partial charge in [-0.05, 0) is 53.9 Å². The molecule has 0 saturated carbocycles. The van der Waals surface area contributed by atoms with Crippen LogP contribution in [0.4, 0.5) is 15.9 Å². The summed E-state index contributed by atoms with van der Waals surface area (Å²) >= 11 is 5.97. The van der Waals surface area contributed by atoms with E-state index in [1.54, 1.807) is 30.5 Å². The summed E-state index contributed by atoms with van der Waals surface area (Å²) in [5.74, 6) is 0.152. The van der Waals surface area contributed by atoms with Crippen LogP contribution in [0.15, 0.2) is 66.9 Å². The average Bonchev–Trinajstić information content (AvgIpc) is 2.63. The molecule has 0 atom stereocenters. The summed E-state index contributed by atoms with van der Waals surface area (Å²) < 4.78 is 13.2. The number of aromatic nitrogens is 1. The Morgan fingerprint density at radius 3 is 2.59 bits per heavy atom. The van der Waals surface area contributed by atoms with Crippen LogP contribution in [0.2, 0.25) is 5.02 Å². The van der Waals surface area contributed by atoms with Crippen LogP contribution in [0, 0.1) is 5.82 Å². The van der Waals surface area contributed by atoms with Crippen molar-refractivity contribution in [2.75, 3.05) is 17.2 Å². The van der Waals surface area contributed by atoms with E-state index in [1.807, 2.05) is 24.3 Å². The third-order valence-corrected chi connectivity index (χ3v) is 4.14. The molecule has 3 rings (SSSR count). The molecule has 3 aromatic rings. The molecule has 0 saturated heterocycles. The third kappa shape index (κ3) is 6.08. The molecule has 0 radical (unpaired) electrons. The molecule has 0 aliphatic rings. The van der Waals surface area contributed by atoms with Crippen LogP contribution < -0.4 is 10.6 Å². The Hall–Kier alpha value is -2.92. The van der Waals surface area contributed by atoms with Crippen LogP contribution in [0.25, 0.3) is 0 Å². The second-order valence-corrected chi connectivity index (χ2v) is 6.53. The van der Waals surface area contributed by atoms with Crippen LogP contribution in [0.1, 0.15) is 11.1 Å². The topological polar surface area (TPSA) is 54.0 Å². The molecule has 2 aromatic carbocycles. The summed E-state index contributed by atoms with van der Waals surface area (Å²) in [7, 11) is 0. The molecular weight excluding hydrogens is 365 g/mol. The van der Waals surface area contributed by atoms with Crippen molar-refractivity contribution in [3.8, 4) is 0 Å². The zero-order chi connectivity index (χ0) is 19.1. The van der Waals surface area contributed by atoms with Crippen LogP contribution in [-0.2, 0) is 17.6 Å². The molecule has 1 amide bonds. The zero-order valence-corrected chi connectivity index (χ0v) is 15.3. The number of hydrogen-bond donors (Lipinski definition) is 2. The number of halogens is 2. The molecule has 0 aliphatic heterocycles. The fourth-order valence-electron chi connectivity index (χ4n) is 2.64. The van der Waals surface area contributed by atoms with Gasteiger partial charge in [-0.15, -0.1) is 0 Å². The molecule has 0 aliphatic carbocycles. The van der Waals surface area contributed by atoms with Crippen molar-refractivity contribution in [2.24, 2.45) is 0 Å². The van der Waals surface area contributed by atoms with Crippen LogP contribution in [-0.4, -0.2) is 17.4 Å². The van der Waals surface area contributed by atoms with Crippen molar-refractivity contribution in [2.45, 2.75) is 12.8 Å². The minimum absolute atomic E-state index is 0.109. The molecule has 6 heteroatoms. The van der Waals surface area contributed by atoms with E-state index in [-0.39, 0.29) is 18.1 Å². The predicted octanol–water partition coefficient (Wildman–Crippen LogP) is 4.71. The van der Waals surface area contributed by atoms with Crippen molar-refractivity contribution in [1.82, 2.24) is 4.98 Å². The second-order valence-electron chi connectivity index (χ2n) is 6.09. The molecule has 4 nitrogen and oxygen atoms in total. The van der Waals surface area contributed by atoms with Crippen molar-refractivity contribution in [3.05, 3.63) is 88.8 Å². The van der Waals surface area contributed by atoms with Gasteiger partial charge in [-0.1, -0.05) is 35.9 Å². The maximum atomic E-state index is 13.2. The Morgan fingerprint density at radius 2 is 1.85 bits per heavy atom. The lowest BCUT2D eigenvalue weighted by Crippen LogP contribution is -2.15. The van der Waals surface area contributed by atoms with E-state index in [0.717, 1.165) is 29.4 Å². The van der Waals surface area contributed by atoms with Gasteiger partial charge >= 0.3 is 0 Å². The lowest BCUT2D eigenvalue weighted by molar-refractivity contribution is -0.115. The van der Waals surface area contributed by atoms with Gasteiger partial charge in [0, 0.05) is 11.6 Å². The van der Waals surface area contributed by atoms with Crippen molar-refractivity contribution < 1.29 is 9.18 Å². The summed E-state index contributed by atoms with van der Waals surface area (Å²) in [5, 5.41) is 6.72. The van der Waals surface area contributed by atoms with Gasteiger partial charge in [0.15, 0.2) is 0 Å². The van der Waals surface area contributed by atoms with E-state index in [1.165, 1.54) is 12.1 Å². The number of nitrogens with one attached hydrogen (secondary N) is 2. The van der Waals surface area contributed by atoms with Gasteiger partial charge in [0.25, 0.3) is 0 Å². The van der Waals surface area contributed by atoms with Gasteiger partial charge in [0.05, 0.1) is 18.3 Å². The Bertz CT molecular complexity index is 915. The van der Waals surface area contributed by atoms with Crippen molar-refractivity contribution in [3.63, 3.8) is 0 Å². The van der Waals surface area contributed by atoms with Gasteiger partial charge in [0.1, 0.15) is 11.6 Å². The Morgan fingerprint density at radius 1 is 1.04 bits per heavy atom. The number of anilines is 2. The van der Waals surface area contributed by atoms with Gasteiger partial charge in [-0.25, -0.2) is 9.37 Å². The van der Waals surface area contributed by atoms with Gasteiger partial charge in [-0.2, -0.15) is 0 Å². The smallest absolute Gasteiger partial charge is 0.228 e. The summed E-state index contributed by atoms with van der Waals surface area (Å²) in [6.45, 7) is 0.721. The summed E-state index contributed by atoms with van der Waals surface area (Å²) in [6.07, 6.45) is 2.52. The highest BCUT2D eigenvalue weighted by Gasteiger charge is 2.05. The number of hydrogen-bond acceptors (Lipinski definition) is 3. The van der Waals surface area contributed by atoms with Crippen LogP contribution >= 0.6 is 11.6 Å². The minimum atomic E-state index is -0.352. The Kier molecular flexibility index (Phi) is 6.39. The lowest BCUT2D eigenvalue weighted by atomic mass is 10.1. The number of carbonyl (C=O) groups is 1. The first-order valence-corrected chi connectivity index (χ1v) is 8.95. The highest BCUT2D eigenvalue weighted by atomic mass is 35.5. The maximum Gasteiger partial charge on any atom is 0.228 e. The van der Waals surface area contributed by atoms with E-state index in [2.05, 4.69) is 15.6 Å². The first-order chi connectivity index (χ1) is 13.1. The molecule has 0 fully saturated rings. The zero-order valence-electron chi connectivity index (χ0n) is 14.6. The average molecular weight is 384 g/mol. The fourth-order valence-corrected chi connectivity index (χ4v) is 2.85. The molecule has 1 heterocycles. The number of pyridine rings is 1. The normalized spacial score (nSPS) is 10.4. The molecule has 0 spiro atoms. The molecule has 2 N–H and O–H groups in total. The molecule has 0 bridgehead atoms. The number of amides is 1. The molecular formula is C21H19ClFN3O. The maximum absolute atomic E-state index is 13.2. The second kappa shape index (κ2) is 9.14. The van der Waals surface area contributed by atoms with E-state index < -0.39 is 0 Å². The predicted molar refractivity (Wildman–Crippen MR) is 107 cm³/mol. The molecule has 138 valence electrons. The third-order valence-electron chi connectivity index (χ3n) is 3.91. The minimum Gasteiger partial charge on any atom is -0.370 e. The van der Waals surface area contributed by atoms with Crippen molar-refractivity contribution in [1.29, 1.82) is 0 Å². The van der Waals surface area contributed by atoms with Crippen molar-refractivity contribution >= 4 is 29.0 Å². The van der Waals surface area contributed by atoms with Gasteiger partial charge in [0.2, 0.25) is 5.91 Å². The molecule has 27 heavy (non-hydrogen) atoms. The first-order valence-electron chi connectivity index (χ1n) is 8.57. The largest absolute Gasteiger partial charge is 0.370 e. The summed E-state index contributed by atoms with van der Waals surface area (Å²) in [6, 6.07) is 17.3. The number of rotatable bonds is 7. The Balaban J connectivity index is 1.47. The molecule has 1 aromatic heterocycles. The van der Waals surface area contributed by atoms with Crippen LogP contribution in [0.5, 0.6) is 0 Å². The highest BCUT2D eigenvalue weighted by Crippen LogP contribution is 2.13. The van der Waals surface area contributed by atoms with Crippen LogP contribution in [0.3, 0.4) is 0 Å². The first kappa shape index (κ1) is 18.9.